The van der Waals surface area contributed by atoms with E-state index in [0.29, 0.717) is 18.2 Å². The number of halogens is 1. The minimum atomic E-state index is -0.911. The van der Waals surface area contributed by atoms with Crippen LogP contribution in [0.4, 0.5) is 0 Å². The Balaban J connectivity index is 3.17. The molecule has 0 heterocycles. The smallest absolute Gasteiger partial charge is 0.328 e. The van der Waals surface area contributed by atoms with Crippen molar-refractivity contribution in [1.82, 2.24) is 5.32 Å². The highest BCUT2D eigenvalue weighted by molar-refractivity contribution is 9.09. The molecule has 0 unspecified atom stereocenters. The molecule has 3 atom stereocenters. The Bertz CT molecular complexity index is 790. The number of ether oxygens (including phenoxy) is 2. The minimum Gasteiger partial charge on any atom is -0.508 e. The Morgan fingerprint density at radius 1 is 0.971 bits per heavy atom. The predicted molar refractivity (Wildman–Crippen MR) is 140 cm³/mol. The number of nitrogens with one attached hydrogen (secondary N) is 1. The van der Waals surface area contributed by atoms with Crippen molar-refractivity contribution in [2.24, 2.45) is 11.8 Å². The highest BCUT2D eigenvalue weighted by Gasteiger charge is 2.37. The Morgan fingerprint density at radius 3 is 2.14 bits per heavy atom. The van der Waals surface area contributed by atoms with Gasteiger partial charge >= 0.3 is 11.9 Å². The fraction of sp³-hybridized carbons (Fsp3) is 0.667. The molecule has 0 radical (unpaired) electrons. The van der Waals surface area contributed by atoms with Crippen LogP contribution in [0, 0.1) is 11.8 Å². The van der Waals surface area contributed by atoms with E-state index in [0.717, 1.165) is 37.7 Å². The molecule has 0 fully saturated rings. The molecule has 0 saturated heterocycles. The van der Waals surface area contributed by atoms with Crippen LogP contribution in [-0.4, -0.2) is 47.0 Å². The molecule has 0 saturated carbocycles. The molecule has 1 amide bonds. The zero-order valence-corrected chi connectivity index (χ0v) is 23.4. The van der Waals surface area contributed by atoms with Crippen molar-refractivity contribution in [3.8, 4) is 5.75 Å². The van der Waals surface area contributed by atoms with Crippen LogP contribution in [0.3, 0.4) is 0 Å². The van der Waals surface area contributed by atoms with Crippen LogP contribution in [0.2, 0.25) is 0 Å². The molecule has 0 spiro atoms. The number of unbranched alkanes of at least 4 members (excludes halogenated alkanes) is 3. The zero-order chi connectivity index (χ0) is 26.4. The van der Waals surface area contributed by atoms with Crippen molar-refractivity contribution >= 4 is 33.8 Å². The van der Waals surface area contributed by atoms with Gasteiger partial charge in [0.1, 0.15) is 17.4 Å². The second-order valence-electron chi connectivity index (χ2n) is 9.88. The van der Waals surface area contributed by atoms with E-state index in [9.17, 15) is 19.5 Å². The van der Waals surface area contributed by atoms with Crippen molar-refractivity contribution in [2.45, 2.75) is 90.7 Å². The average Bonchev–Trinajstić information content (AvgIpc) is 2.79. The number of rotatable bonds is 15. The molecule has 1 aromatic rings. The number of benzene rings is 1. The SMILES string of the molecule is CCCCCC[C@@H](C(=O)N[C@@H](Cc1ccc(O)cc1)C(=O)OC)[C@H](CCCBr)C(=O)OC(C)(C)C. The van der Waals surface area contributed by atoms with Gasteiger partial charge in [0.15, 0.2) is 0 Å². The van der Waals surface area contributed by atoms with Gasteiger partial charge in [-0.1, -0.05) is 60.7 Å². The van der Waals surface area contributed by atoms with E-state index >= 15 is 0 Å². The number of alkyl halides is 1. The number of carbonyl (C=O) groups is 3. The molecule has 1 aromatic carbocycles. The summed E-state index contributed by atoms with van der Waals surface area (Å²) in [7, 11) is 1.28. The number of phenolic OH excluding ortho intramolecular Hbond substituents is 1. The van der Waals surface area contributed by atoms with E-state index in [1.54, 1.807) is 12.1 Å². The van der Waals surface area contributed by atoms with E-state index < -0.39 is 29.4 Å². The van der Waals surface area contributed by atoms with Crippen LogP contribution in [0.5, 0.6) is 5.75 Å². The van der Waals surface area contributed by atoms with Gasteiger partial charge in [-0.05, 0) is 57.7 Å². The lowest BCUT2D eigenvalue weighted by molar-refractivity contribution is -0.164. The lowest BCUT2D eigenvalue weighted by Crippen LogP contribution is -2.48. The predicted octanol–water partition coefficient (Wildman–Crippen LogP) is 5.31. The lowest BCUT2D eigenvalue weighted by Gasteiger charge is -2.30. The quantitative estimate of drug-likeness (QED) is 0.173. The van der Waals surface area contributed by atoms with Gasteiger partial charge < -0.3 is 19.9 Å². The van der Waals surface area contributed by atoms with E-state index in [1.807, 2.05) is 20.8 Å². The number of esters is 2. The first-order valence-electron chi connectivity index (χ1n) is 12.5. The molecule has 198 valence electrons. The Hall–Kier alpha value is -2.09. The summed E-state index contributed by atoms with van der Waals surface area (Å²) in [6.07, 6.45) is 5.86. The number of amides is 1. The van der Waals surface area contributed by atoms with E-state index in [4.69, 9.17) is 9.47 Å². The molecular formula is C27H42BrNO6. The van der Waals surface area contributed by atoms with Gasteiger partial charge in [0, 0.05) is 11.8 Å². The normalized spacial score (nSPS) is 14.0. The van der Waals surface area contributed by atoms with Gasteiger partial charge in [0.2, 0.25) is 5.91 Å². The van der Waals surface area contributed by atoms with Crippen LogP contribution in [0.1, 0.15) is 78.2 Å². The molecule has 0 aliphatic heterocycles. The van der Waals surface area contributed by atoms with Crippen LogP contribution in [0.15, 0.2) is 24.3 Å². The third-order valence-corrected chi connectivity index (χ3v) is 6.29. The van der Waals surface area contributed by atoms with Gasteiger partial charge in [-0.2, -0.15) is 0 Å². The summed E-state index contributed by atoms with van der Waals surface area (Å²) >= 11 is 3.43. The largest absolute Gasteiger partial charge is 0.508 e. The molecule has 1 rings (SSSR count). The maximum Gasteiger partial charge on any atom is 0.328 e. The van der Waals surface area contributed by atoms with Crippen LogP contribution >= 0.6 is 15.9 Å². The minimum absolute atomic E-state index is 0.117. The van der Waals surface area contributed by atoms with Crippen molar-refractivity contribution in [3.63, 3.8) is 0 Å². The van der Waals surface area contributed by atoms with Gasteiger partial charge in [-0.15, -0.1) is 0 Å². The summed E-state index contributed by atoms with van der Waals surface area (Å²) in [4.78, 5) is 39.3. The fourth-order valence-electron chi connectivity index (χ4n) is 3.95. The summed E-state index contributed by atoms with van der Waals surface area (Å²) in [5, 5.41) is 13.1. The number of phenols is 1. The van der Waals surface area contributed by atoms with Crippen molar-refractivity contribution in [3.05, 3.63) is 29.8 Å². The molecular weight excluding hydrogens is 514 g/mol. The zero-order valence-electron chi connectivity index (χ0n) is 21.8. The Kier molecular flexibility index (Phi) is 14.0. The summed E-state index contributed by atoms with van der Waals surface area (Å²) in [5.74, 6) is -2.41. The number of carbonyl (C=O) groups excluding carboxylic acids is 3. The first-order chi connectivity index (χ1) is 16.5. The number of hydrogen-bond acceptors (Lipinski definition) is 6. The van der Waals surface area contributed by atoms with Gasteiger partial charge in [0.25, 0.3) is 0 Å². The fourth-order valence-corrected chi connectivity index (χ4v) is 4.27. The molecule has 7 nitrogen and oxygen atoms in total. The third-order valence-electron chi connectivity index (χ3n) is 5.73. The lowest BCUT2D eigenvalue weighted by atomic mass is 9.83. The van der Waals surface area contributed by atoms with Gasteiger partial charge in [-0.25, -0.2) is 4.79 Å². The first kappa shape index (κ1) is 30.9. The van der Waals surface area contributed by atoms with Gasteiger partial charge in [-0.3, -0.25) is 9.59 Å². The van der Waals surface area contributed by atoms with Gasteiger partial charge in [0.05, 0.1) is 18.9 Å². The van der Waals surface area contributed by atoms with Crippen molar-refractivity contribution in [2.75, 3.05) is 12.4 Å². The molecule has 8 heteroatoms. The van der Waals surface area contributed by atoms with Crippen molar-refractivity contribution in [1.29, 1.82) is 0 Å². The Morgan fingerprint density at radius 2 is 1.60 bits per heavy atom. The topological polar surface area (TPSA) is 102 Å². The molecule has 0 aliphatic rings. The summed E-state index contributed by atoms with van der Waals surface area (Å²) in [6.45, 7) is 7.56. The average molecular weight is 557 g/mol. The molecule has 0 aliphatic carbocycles. The maximum atomic E-state index is 13.6. The molecule has 0 bridgehead atoms. The highest BCUT2D eigenvalue weighted by atomic mass is 79.9. The van der Waals surface area contributed by atoms with Crippen LogP contribution in [0.25, 0.3) is 0 Å². The van der Waals surface area contributed by atoms with E-state index in [1.165, 1.54) is 19.2 Å². The summed E-state index contributed by atoms with van der Waals surface area (Å²) in [6, 6.07) is 5.53. The summed E-state index contributed by atoms with van der Waals surface area (Å²) in [5.41, 5.74) is 0.0985. The monoisotopic (exact) mass is 555 g/mol. The standard InChI is InChI=1S/C27H42BrNO6/c1-6-7-8-9-11-21(22(12-10-17-28)25(32)35-27(2,3)4)24(31)29-23(26(33)34-5)18-19-13-15-20(30)16-14-19/h13-16,21-23,30H,6-12,17-18H2,1-5H3,(H,29,31)/t21-,22+,23+/m1/s1. The molecule has 0 aromatic heterocycles. The van der Waals surface area contributed by atoms with E-state index in [-0.39, 0.29) is 24.0 Å². The second-order valence-corrected chi connectivity index (χ2v) is 10.7. The van der Waals surface area contributed by atoms with Crippen molar-refractivity contribution < 1.29 is 29.0 Å². The van der Waals surface area contributed by atoms with Crippen LogP contribution in [-0.2, 0) is 30.3 Å². The third kappa shape index (κ3) is 11.9. The number of aromatic hydroxyl groups is 1. The second kappa shape index (κ2) is 15.8. The molecule has 2 N–H and O–H groups in total. The maximum absolute atomic E-state index is 13.6. The summed E-state index contributed by atoms with van der Waals surface area (Å²) < 4.78 is 10.6. The Labute approximate surface area is 218 Å². The number of hydrogen-bond donors (Lipinski definition) is 2. The first-order valence-corrected chi connectivity index (χ1v) is 13.6. The van der Waals surface area contributed by atoms with E-state index in [2.05, 4.69) is 28.2 Å². The highest BCUT2D eigenvalue weighted by Crippen LogP contribution is 2.28. The number of methoxy groups -OCH3 is 1. The molecule has 35 heavy (non-hydrogen) atoms. The van der Waals surface area contributed by atoms with Crippen LogP contribution < -0.4 is 5.32 Å².